The van der Waals surface area contributed by atoms with E-state index in [1.54, 1.807) is 0 Å². The van der Waals surface area contributed by atoms with Gasteiger partial charge < -0.3 is 0 Å². The van der Waals surface area contributed by atoms with Crippen LogP contribution < -0.4 is 0 Å². The molecule has 1 rings (SSSR count). The fourth-order valence-corrected chi connectivity index (χ4v) is 0.920. The van der Waals surface area contributed by atoms with E-state index in [4.69, 9.17) is 0 Å². The Morgan fingerprint density at radius 1 is 0.923 bits per heavy atom. The third kappa shape index (κ3) is 1.94. The highest BCUT2D eigenvalue weighted by atomic mass is 35.5. The molecule has 0 fully saturated rings. The summed E-state index contributed by atoms with van der Waals surface area (Å²) in [5.74, 6) is -4.34. The molecule has 13 heavy (non-hydrogen) atoms. The second-order valence-electron chi connectivity index (χ2n) is 2.44. The minimum atomic E-state index is -4.56. The van der Waals surface area contributed by atoms with Crippen molar-refractivity contribution < 1.29 is 17.6 Å². The average Bonchev–Trinajstić information content (AvgIpc) is 2.04. The smallest absolute Gasteiger partial charge is 0.193 e. The summed E-state index contributed by atoms with van der Waals surface area (Å²) in [5, 5.41) is -4.56. The molecule has 0 aliphatic heterocycles. The largest absolute Gasteiger partial charge is 0.388 e. The van der Waals surface area contributed by atoms with Gasteiger partial charge in [-0.3, -0.25) is 0 Å². The third-order valence-corrected chi connectivity index (χ3v) is 1.73. The van der Waals surface area contributed by atoms with Gasteiger partial charge in [0.2, 0.25) is 0 Å². The molecule has 0 saturated carbocycles. The van der Waals surface area contributed by atoms with Gasteiger partial charge in [-0.2, -0.15) is 17.6 Å². The quantitative estimate of drug-likeness (QED) is 0.519. The van der Waals surface area contributed by atoms with Gasteiger partial charge in [0.15, 0.2) is 0 Å². The van der Waals surface area contributed by atoms with Gasteiger partial charge in [-0.25, -0.2) is 0 Å². The lowest BCUT2D eigenvalue weighted by Gasteiger charge is -2.20. The molecule has 1 aromatic rings. The lowest BCUT2D eigenvalue weighted by atomic mass is 10.1. The van der Waals surface area contributed by atoms with Crippen LogP contribution in [0.2, 0.25) is 0 Å². The lowest BCUT2D eigenvalue weighted by molar-refractivity contribution is -0.164. The first-order chi connectivity index (χ1) is 5.86. The Morgan fingerprint density at radius 3 is 1.77 bits per heavy atom. The van der Waals surface area contributed by atoms with Crippen molar-refractivity contribution in [1.82, 2.24) is 0 Å². The van der Waals surface area contributed by atoms with Gasteiger partial charge in [-0.1, -0.05) is 30.3 Å². The van der Waals surface area contributed by atoms with Gasteiger partial charge in [-0.15, -0.1) is 0 Å². The third-order valence-electron chi connectivity index (χ3n) is 1.49. The Hall–Kier alpha value is -0.770. The van der Waals surface area contributed by atoms with E-state index in [0.29, 0.717) is 0 Å². The molecule has 0 heterocycles. The summed E-state index contributed by atoms with van der Waals surface area (Å²) in [5.41, 5.74) is -0.796. The van der Waals surface area contributed by atoms with Crippen molar-refractivity contribution in [3.8, 4) is 0 Å². The van der Waals surface area contributed by atoms with E-state index in [9.17, 15) is 17.6 Å². The molecule has 0 aliphatic carbocycles. The van der Waals surface area contributed by atoms with Gasteiger partial charge in [0.1, 0.15) is 0 Å². The first-order valence-electron chi connectivity index (χ1n) is 3.36. The van der Waals surface area contributed by atoms with Gasteiger partial charge in [0, 0.05) is 5.56 Å². The predicted molar refractivity (Wildman–Crippen MR) is 41.1 cm³/mol. The normalized spacial score (nSPS) is 13.0. The van der Waals surface area contributed by atoms with Crippen LogP contribution in [0.5, 0.6) is 0 Å². The Balaban J connectivity index is 3.08. The van der Waals surface area contributed by atoms with Crippen LogP contribution in [0.1, 0.15) is 5.56 Å². The molecule has 1 aromatic carbocycles. The lowest BCUT2D eigenvalue weighted by Crippen LogP contribution is -2.32. The number of benzene rings is 1. The molecular weight excluding hydrogens is 208 g/mol. The minimum absolute atomic E-state index is 0.796. The maximum Gasteiger partial charge on any atom is 0.388 e. The Labute approximate surface area is 77.1 Å². The number of rotatable bonds is 2. The van der Waals surface area contributed by atoms with Crippen molar-refractivity contribution >= 4 is 11.6 Å². The molecule has 0 saturated heterocycles. The van der Waals surface area contributed by atoms with Gasteiger partial charge in [0.05, 0.1) is 0 Å². The van der Waals surface area contributed by atoms with Crippen LogP contribution in [-0.4, -0.2) is 5.38 Å². The maximum atomic E-state index is 12.8. The summed E-state index contributed by atoms with van der Waals surface area (Å²) in [7, 11) is 0. The molecule has 0 radical (unpaired) electrons. The zero-order chi connectivity index (χ0) is 10.1. The van der Waals surface area contributed by atoms with E-state index in [1.807, 2.05) is 0 Å². The monoisotopic (exact) mass is 212 g/mol. The van der Waals surface area contributed by atoms with E-state index in [1.165, 1.54) is 18.2 Å². The molecule has 0 spiro atoms. The Bertz CT molecular complexity index is 278. The summed E-state index contributed by atoms with van der Waals surface area (Å²) in [6, 6.07) is 5.73. The van der Waals surface area contributed by atoms with Crippen LogP contribution in [0.25, 0.3) is 0 Å². The molecule has 0 N–H and O–H groups in total. The number of hydrogen-bond acceptors (Lipinski definition) is 0. The summed E-state index contributed by atoms with van der Waals surface area (Å²) in [6.45, 7) is 0. The molecular formula is C8H5ClF4. The highest BCUT2D eigenvalue weighted by Gasteiger charge is 2.56. The summed E-state index contributed by atoms with van der Waals surface area (Å²) in [4.78, 5) is 0. The van der Waals surface area contributed by atoms with E-state index in [2.05, 4.69) is 11.6 Å². The molecule has 0 amide bonds. The highest BCUT2D eigenvalue weighted by Crippen LogP contribution is 2.45. The molecule has 0 unspecified atom stereocenters. The zero-order valence-electron chi connectivity index (χ0n) is 6.28. The van der Waals surface area contributed by atoms with E-state index in [0.717, 1.165) is 12.1 Å². The number of alkyl halides is 5. The van der Waals surface area contributed by atoms with Crippen molar-refractivity contribution in [3.05, 3.63) is 35.9 Å². The first kappa shape index (κ1) is 10.3. The van der Waals surface area contributed by atoms with Crippen LogP contribution >= 0.6 is 11.6 Å². The SMILES string of the molecule is FC(F)(Cl)C(F)(F)c1ccccc1. The van der Waals surface area contributed by atoms with Crippen molar-refractivity contribution in [2.75, 3.05) is 0 Å². The first-order valence-corrected chi connectivity index (χ1v) is 3.73. The van der Waals surface area contributed by atoms with E-state index < -0.39 is 16.9 Å². The molecule has 0 aromatic heterocycles. The van der Waals surface area contributed by atoms with Crippen LogP contribution in [-0.2, 0) is 5.92 Å². The number of hydrogen-bond donors (Lipinski definition) is 0. The number of halogens is 5. The van der Waals surface area contributed by atoms with E-state index >= 15 is 0 Å². The Kier molecular flexibility index (Phi) is 2.52. The Morgan fingerprint density at radius 2 is 1.38 bits per heavy atom. The predicted octanol–water partition coefficient (Wildman–Crippen LogP) is 3.61. The molecule has 0 bridgehead atoms. The van der Waals surface area contributed by atoms with Crippen molar-refractivity contribution in [2.45, 2.75) is 11.3 Å². The van der Waals surface area contributed by atoms with Gasteiger partial charge in [0.25, 0.3) is 0 Å². The average molecular weight is 213 g/mol. The molecule has 0 atom stereocenters. The maximum absolute atomic E-state index is 12.8. The summed E-state index contributed by atoms with van der Waals surface area (Å²) < 4.78 is 50.0. The molecule has 72 valence electrons. The minimum Gasteiger partial charge on any atom is -0.193 e. The van der Waals surface area contributed by atoms with Crippen LogP contribution in [0.15, 0.2) is 30.3 Å². The standard InChI is InChI=1S/C8H5ClF4/c9-8(12,13)7(10,11)6-4-2-1-3-5-6/h1-5H. The zero-order valence-corrected chi connectivity index (χ0v) is 7.03. The van der Waals surface area contributed by atoms with Crippen molar-refractivity contribution in [1.29, 1.82) is 0 Å². The topological polar surface area (TPSA) is 0 Å². The summed E-state index contributed by atoms with van der Waals surface area (Å²) >= 11 is 4.28. The van der Waals surface area contributed by atoms with Gasteiger partial charge >= 0.3 is 11.3 Å². The van der Waals surface area contributed by atoms with Crippen LogP contribution in [0.4, 0.5) is 17.6 Å². The fraction of sp³-hybridized carbons (Fsp3) is 0.250. The molecule has 5 heteroatoms. The highest BCUT2D eigenvalue weighted by molar-refractivity contribution is 6.22. The fourth-order valence-electron chi connectivity index (χ4n) is 0.811. The summed E-state index contributed by atoms with van der Waals surface area (Å²) in [6.07, 6.45) is 0. The van der Waals surface area contributed by atoms with Crippen molar-refractivity contribution in [3.63, 3.8) is 0 Å². The van der Waals surface area contributed by atoms with Crippen molar-refractivity contribution in [2.24, 2.45) is 0 Å². The van der Waals surface area contributed by atoms with Gasteiger partial charge in [-0.05, 0) is 11.6 Å². The van der Waals surface area contributed by atoms with E-state index in [-0.39, 0.29) is 0 Å². The second kappa shape index (κ2) is 3.18. The van der Waals surface area contributed by atoms with Crippen LogP contribution in [0.3, 0.4) is 0 Å². The second-order valence-corrected chi connectivity index (χ2v) is 2.91. The van der Waals surface area contributed by atoms with Crippen LogP contribution in [0, 0.1) is 0 Å². The molecule has 0 nitrogen and oxygen atoms in total. The molecule has 0 aliphatic rings.